The summed E-state index contributed by atoms with van der Waals surface area (Å²) in [6, 6.07) is -2.72. The van der Waals surface area contributed by atoms with Crippen molar-refractivity contribution < 1.29 is 53.7 Å². The van der Waals surface area contributed by atoms with Crippen molar-refractivity contribution in [1.82, 2.24) is 10.6 Å². The fourth-order valence-electron chi connectivity index (χ4n) is 3.41. The molecule has 0 bridgehead atoms. The summed E-state index contributed by atoms with van der Waals surface area (Å²) in [5, 5.41) is 31.7. The van der Waals surface area contributed by atoms with Crippen molar-refractivity contribution >= 4 is 47.1 Å². The van der Waals surface area contributed by atoms with Gasteiger partial charge in [0.2, 0.25) is 11.8 Å². The van der Waals surface area contributed by atoms with Crippen molar-refractivity contribution in [2.45, 2.75) is 84.7 Å². The van der Waals surface area contributed by atoms with Crippen LogP contribution in [0.15, 0.2) is 0 Å². The van der Waals surface area contributed by atoms with Gasteiger partial charge in [0.1, 0.15) is 5.78 Å². The topological polar surface area (TPSA) is 221 Å². The lowest BCUT2D eigenvalue weighted by atomic mass is 9.86. The normalized spacial score (nSPS) is 14.1. The Bertz CT molecular complexity index is 897. The third-order valence-corrected chi connectivity index (χ3v) is 5.65. The molecule has 2 amide bonds. The number of aliphatic carboxylic acids is 3. The molecule has 4 atom stereocenters. The van der Waals surface area contributed by atoms with Crippen LogP contribution < -0.4 is 10.6 Å². The molecule has 0 spiro atoms. The first-order chi connectivity index (χ1) is 17.0. The lowest BCUT2D eigenvalue weighted by Gasteiger charge is -2.25. The summed E-state index contributed by atoms with van der Waals surface area (Å²) >= 11 is 0. The lowest BCUT2D eigenvalue weighted by molar-refractivity contribution is -0.142. The maximum Gasteiger partial charge on any atom is 0.305 e. The van der Waals surface area contributed by atoms with E-state index in [2.05, 4.69) is 10.6 Å². The lowest BCUT2D eigenvalue weighted by Crippen LogP contribution is -2.48. The van der Waals surface area contributed by atoms with Crippen LogP contribution in [-0.2, 0) is 38.4 Å². The number of rotatable bonds is 19. The Balaban J connectivity index is 5.66. The number of carboxylic acids is 3. The predicted molar refractivity (Wildman–Crippen MR) is 127 cm³/mol. The quantitative estimate of drug-likeness (QED) is 0.156. The summed E-state index contributed by atoms with van der Waals surface area (Å²) in [4.78, 5) is 95.1. The maximum atomic E-state index is 13.0. The number of Topliss-reactive ketones (excluding diaryl/α,β-unsaturated/α-hetero) is 3. The average Bonchev–Trinajstić information content (AvgIpc) is 2.76. The molecule has 0 aliphatic heterocycles. The van der Waals surface area contributed by atoms with Crippen LogP contribution in [0.4, 0.5) is 0 Å². The van der Waals surface area contributed by atoms with Gasteiger partial charge in [0.15, 0.2) is 11.6 Å². The molecule has 5 N–H and O–H groups in total. The Hall–Kier alpha value is -3.64. The maximum absolute atomic E-state index is 13.0. The van der Waals surface area contributed by atoms with Gasteiger partial charge in [0, 0.05) is 37.5 Å². The molecule has 208 valence electrons. The van der Waals surface area contributed by atoms with Gasteiger partial charge in [-0.15, -0.1) is 0 Å². The molecule has 0 aromatic rings. The number of ketones is 3. The molecule has 0 saturated heterocycles. The largest absolute Gasteiger partial charge is 0.481 e. The third-order valence-electron chi connectivity index (χ3n) is 5.65. The van der Waals surface area contributed by atoms with E-state index in [4.69, 9.17) is 15.3 Å². The van der Waals surface area contributed by atoms with E-state index in [1.165, 1.54) is 13.8 Å². The van der Waals surface area contributed by atoms with Crippen LogP contribution in [-0.4, -0.2) is 74.5 Å². The molecule has 0 rings (SSSR count). The Labute approximate surface area is 214 Å². The van der Waals surface area contributed by atoms with Gasteiger partial charge in [-0.2, -0.15) is 0 Å². The van der Waals surface area contributed by atoms with E-state index in [9.17, 15) is 38.4 Å². The fourth-order valence-corrected chi connectivity index (χ4v) is 3.41. The molecular weight excluding hydrogens is 492 g/mol. The van der Waals surface area contributed by atoms with E-state index in [1.54, 1.807) is 13.8 Å². The van der Waals surface area contributed by atoms with E-state index in [-0.39, 0.29) is 25.0 Å². The molecule has 13 heteroatoms. The molecule has 0 aliphatic carbocycles. The molecule has 0 fully saturated rings. The first-order valence-electron chi connectivity index (χ1n) is 11.9. The van der Waals surface area contributed by atoms with Crippen LogP contribution in [0.5, 0.6) is 0 Å². The Morgan fingerprint density at radius 2 is 1.16 bits per heavy atom. The van der Waals surface area contributed by atoms with Crippen molar-refractivity contribution in [3.8, 4) is 0 Å². The molecule has 0 saturated carbocycles. The highest BCUT2D eigenvalue weighted by Gasteiger charge is 2.33. The van der Waals surface area contributed by atoms with Crippen molar-refractivity contribution in [3.05, 3.63) is 0 Å². The molecule has 37 heavy (non-hydrogen) atoms. The highest BCUT2D eigenvalue weighted by molar-refractivity contribution is 5.96. The van der Waals surface area contributed by atoms with Gasteiger partial charge >= 0.3 is 17.9 Å². The van der Waals surface area contributed by atoms with E-state index >= 15 is 0 Å². The van der Waals surface area contributed by atoms with Crippen molar-refractivity contribution in [1.29, 1.82) is 0 Å². The SMILES string of the molecule is CC(=O)CCC(=O)[C@H](CC(=O)O)NC(=O)[C@@H](CC(=O)[C@H](CCC(=O)O)NC(=O)[C@@H](C)CC(=O)O)C(C)C. The highest BCUT2D eigenvalue weighted by Crippen LogP contribution is 2.19. The third kappa shape index (κ3) is 13.9. The molecule has 0 aromatic heterocycles. The van der Waals surface area contributed by atoms with E-state index in [1.807, 2.05) is 0 Å². The molecule has 13 nitrogen and oxygen atoms in total. The van der Waals surface area contributed by atoms with E-state index < -0.39 is 96.8 Å². The molecule has 0 aromatic carbocycles. The second-order valence-electron chi connectivity index (χ2n) is 9.34. The molecule has 0 unspecified atom stereocenters. The smallest absolute Gasteiger partial charge is 0.305 e. The van der Waals surface area contributed by atoms with Gasteiger partial charge in [0.25, 0.3) is 0 Å². The first kappa shape index (κ1) is 33.4. The zero-order valence-electron chi connectivity index (χ0n) is 21.4. The summed E-state index contributed by atoms with van der Waals surface area (Å²) < 4.78 is 0. The van der Waals surface area contributed by atoms with Gasteiger partial charge in [0.05, 0.1) is 24.9 Å². The monoisotopic (exact) mass is 528 g/mol. The number of carbonyl (C=O) groups is 8. The summed E-state index contributed by atoms with van der Waals surface area (Å²) in [7, 11) is 0. The highest BCUT2D eigenvalue weighted by atomic mass is 16.4. The molecular formula is C24H36N2O11. The summed E-state index contributed by atoms with van der Waals surface area (Å²) in [5.74, 6) is -9.51. The number of hydrogen-bond acceptors (Lipinski definition) is 8. The zero-order valence-corrected chi connectivity index (χ0v) is 21.4. The number of carbonyl (C=O) groups excluding carboxylic acids is 5. The number of hydrogen-bond donors (Lipinski definition) is 5. The fraction of sp³-hybridized carbons (Fsp3) is 0.667. The predicted octanol–water partition coefficient (Wildman–Crippen LogP) is 0.576. The second-order valence-corrected chi connectivity index (χ2v) is 9.34. The summed E-state index contributed by atoms with van der Waals surface area (Å²) in [6.45, 7) is 5.82. The van der Waals surface area contributed by atoms with Crippen LogP contribution in [0, 0.1) is 17.8 Å². The molecule has 0 aliphatic rings. The Morgan fingerprint density at radius 3 is 1.62 bits per heavy atom. The van der Waals surface area contributed by atoms with Crippen LogP contribution >= 0.6 is 0 Å². The van der Waals surface area contributed by atoms with Crippen molar-refractivity contribution in [2.24, 2.45) is 17.8 Å². The minimum atomic E-state index is -1.42. The van der Waals surface area contributed by atoms with Crippen molar-refractivity contribution in [3.63, 3.8) is 0 Å². The van der Waals surface area contributed by atoms with Gasteiger partial charge in [-0.3, -0.25) is 33.6 Å². The van der Waals surface area contributed by atoms with Gasteiger partial charge < -0.3 is 30.7 Å². The second kappa shape index (κ2) is 16.2. The van der Waals surface area contributed by atoms with Gasteiger partial charge in [-0.05, 0) is 19.3 Å². The van der Waals surface area contributed by atoms with E-state index in [0.717, 1.165) is 0 Å². The Morgan fingerprint density at radius 1 is 0.622 bits per heavy atom. The van der Waals surface area contributed by atoms with Crippen LogP contribution in [0.25, 0.3) is 0 Å². The minimum absolute atomic E-state index is 0.123. The van der Waals surface area contributed by atoms with E-state index in [0.29, 0.717) is 0 Å². The Kier molecular flexibility index (Phi) is 14.6. The van der Waals surface area contributed by atoms with Crippen LogP contribution in [0.1, 0.15) is 72.6 Å². The molecule has 0 heterocycles. The van der Waals surface area contributed by atoms with Crippen molar-refractivity contribution in [2.75, 3.05) is 0 Å². The van der Waals surface area contributed by atoms with Crippen LogP contribution in [0.2, 0.25) is 0 Å². The standard InChI is InChI=1S/C24H36N2O11/c1-12(2)15(24(37)26-17(11-22(34)35)18(28)7-5-14(4)27)10-19(29)16(6-8-20(30)31)25-23(36)13(3)9-21(32)33/h12-13,15-17H,5-11H2,1-4H3,(H,25,36)(H,26,37)(H,30,31)(H,32,33)(H,34,35)/t13-,15-,16-,17-/m0/s1. The average molecular weight is 529 g/mol. The summed E-state index contributed by atoms with van der Waals surface area (Å²) in [5.41, 5.74) is 0. The van der Waals surface area contributed by atoms with Gasteiger partial charge in [-0.25, -0.2) is 0 Å². The number of amides is 2. The van der Waals surface area contributed by atoms with Crippen LogP contribution in [0.3, 0.4) is 0 Å². The number of carboxylic acid groups (broad SMARTS) is 3. The zero-order chi connectivity index (χ0) is 28.9. The summed E-state index contributed by atoms with van der Waals surface area (Å²) in [6.07, 6.45) is -2.85. The molecule has 0 radical (unpaired) electrons. The number of nitrogens with one attached hydrogen (secondary N) is 2. The first-order valence-corrected chi connectivity index (χ1v) is 11.9. The van der Waals surface area contributed by atoms with Gasteiger partial charge in [-0.1, -0.05) is 20.8 Å². The minimum Gasteiger partial charge on any atom is -0.481 e.